The number of halogens is 1. The van der Waals surface area contributed by atoms with Crippen molar-refractivity contribution in [2.24, 2.45) is 5.73 Å². The first-order chi connectivity index (χ1) is 13.4. The first-order valence-electron chi connectivity index (χ1n) is 11.0. The van der Waals surface area contributed by atoms with Gasteiger partial charge in [-0.25, -0.2) is 4.39 Å². The van der Waals surface area contributed by atoms with E-state index in [0.29, 0.717) is 42.6 Å². The summed E-state index contributed by atoms with van der Waals surface area (Å²) in [4.78, 5) is 17.6. The van der Waals surface area contributed by atoms with E-state index in [1.807, 2.05) is 6.07 Å². The van der Waals surface area contributed by atoms with E-state index in [-0.39, 0.29) is 11.7 Å². The van der Waals surface area contributed by atoms with Crippen LogP contribution in [0.4, 0.5) is 4.39 Å². The van der Waals surface area contributed by atoms with Gasteiger partial charge in [0.25, 0.3) is 0 Å². The maximum Gasteiger partial charge on any atom is 0.228 e. The van der Waals surface area contributed by atoms with E-state index in [9.17, 15) is 9.18 Å². The molecule has 0 unspecified atom stereocenters. The van der Waals surface area contributed by atoms with Crippen LogP contribution >= 0.6 is 0 Å². The number of carbonyl (C=O) groups is 1. The lowest BCUT2D eigenvalue weighted by Crippen LogP contribution is -2.49. The van der Waals surface area contributed by atoms with Crippen molar-refractivity contribution in [2.75, 3.05) is 13.1 Å². The Morgan fingerprint density at radius 2 is 1.31 bits per heavy atom. The van der Waals surface area contributed by atoms with Crippen molar-refractivity contribution in [1.82, 2.24) is 9.80 Å². The van der Waals surface area contributed by atoms with Gasteiger partial charge < -0.3 is 5.73 Å². The number of amides is 1. The average Bonchev–Trinajstić information content (AvgIpc) is 2.58. The first-order valence-corrected chi connectivity index (χ1v) is 11.0. The number of carbonyl (C=O) groups excluding carboxylic acids is 1. The summed E-state index contributed by atoms with van der Waals surface area (Å²) in [5, 5.41) is 0. The monoisotopic (exact) mass is 407 g/mol. The Hall–Kier alpha value is -1.46. The Morgan fingerprint density at radius 3 is 1.62 bits per heavy atom. The average molecular weight is 408 g/mol. The topological polar surface area (TPSA) is 49.6 Å². The predicted octanol–water partition coefficient (Wildman–Crippen LogP) is 4.57. The maximum atomic E-state index is 14.1. The summed E-state index contributed by atoms with van der Waals surface area (Å²) in [6.07, 6.45) is 1.15. The first kappa shape index (κ1) is 25.6. The molecule has 0 bridgehead atoms. The molecule has 4 nitrogen and oxygen atoms in total. The highest BCUT2D eigenvalue weighted by atomic mass is 19.1. The summed E-state index contributed by atoms with van der Waals surface area (Å²) in [5.74, 6) is -0.703. The van der Waals surface area contributed by atoms with Gasteiger partial charge in [-0.05, 0) is 85.9 Å². The van der Waals surface area contributed by atoms with Crippen LogP contribution in [0.2, 0.25) is 0 Å². The summed E-state index contributed by atoms with van der Waals surface area (Å²) in [6.45, 7) is 18.7. The standard InChI is InChI=1S/C24H42FN3O/c1-17(2)27(18(3)4)14-12-24(23(26)29,21-10-9-11-22(25)16-21)13-15-28(19(5)6)20(7)8/h9-11,16-20H,12-15H2,1-8H3,(H2,26,29). The van der Waals surface area contributed by atoms with E-state index < -0.39 is 5.41 Å². The van der Waals surface area contributed by atoms with Gasteiger partial charge in [-0.2, -0.15) is 0 Å². The lowest BCUT2D eigenvalue weighted by atomic mass is 9.73. The lowest BCUT2D eigenvalue weighted by molar-refractivity contribution is -0.124. The third kappa shape index (κ3) is 6.78. The fourth-order valence-electron chi connectivity index (χ4n) is 4.45. The quantitative estimate of drug-likeness (QED) is 0.552. The smallest absolute Gasteiger partial charge is 0.228 e. The van der Waals surface area contributed by atoms with Crippen molar-refractivity contribution in [1.29, 1.82) is 0 Å². The maximum absolute atomic E-state index is 14.1. The SMILES string of the molecule is CC(C)N(CCC(CCN(C(C)C)C(C)C)(C(N)=O)c1cccc(F)c1)C(C)C. The Labute approximate surface area is 177 Å². The van der Waals surface area contributed by atoms with Crippen LogP contribution in [0.25, 0.3) is 0 Å². The van der Waals surface area contributed by atoms with Crippen molar-refractivity contribution in [3.8, 4) is 0 Å². The van der Waals surface area contributed by atoms with Crippen molar-refractivity contribution < 1.29 is 9.18 Å². The summed E-state index contributed by atoms with van der Waals surface area (Å²) < 4.78 is 14.1. The Balaban J connectivity index is 3.31. The zero-order valence-corrected chi connectivity index (χ0v) is 19.7. The third-order valence-electron chi connectivity index (χ3n) is 6.10. The highest BCUT2D eigenvalue weighted by Gasteiger charge is 2.39. The van der Waals surface area contributed by atoms with Crippen LogP contribution in [0.5, 0.6) is 0 Å². The molecule has 0 aliphatic heterocycles. The minimum absolute atomic E-state index is 0.331. The van der Waals surface area contributed by atoms with Gasteiger partial charge in [0.1, 0.15) is 5.82 Å². The van der Waals surface area contributed by atoms with Gasteiger partial charge in [0.05, 0.1) is 5.41 Å². The van der Waals surface area contributed by atoms with E-state index in [4.69, 9.17) is 5.73 Å². The number of hydrogen-bond acceptors (Lipinski definition) is 3. The van der Waals surface area contributed by atoms with Crippen molar-refractivity contribution in [2.45, 2.75) is 97.8 Å². The van der Waals surface area contributed by atoms with Crippen molar-refractivity contribution in [3.05, 3.63) is 35.6 Å². The Bertz CT molecular complexity index is 603. The molecule has 1 amide bonds. The van der Waals surface area contributed by atoms with Gasteiger partial charge in [0.2, 0.25) is 5.91 Å². The van der Waals surface area contributed by atoms with Crippen molar-refractivity contribution >= 4 is 5.91 Å². The van der Waals surface area contributed by atoms with Crippen LogP contribution in [0.3, 0.4) is 0 Å². The fourth-order valence-corrected chi connectivity index (χ4v) is 4.45. The van der Waals surface area contributed by atoms with E-state index in [0.717, 1.165) is 13.1 Å². The zero-order valence-electron chi connectivity index (χ0n) is 19.7. The molecule has 1 aromatic rings. The summed E-state index contributed by atoms with van der Waals surface area (Å²) >= 11 is 0. The molecule has 5 heteroatoms. The molecule has 0 heterocycles. The van der Waals surface area contributed by atoms with Crippen LogP contribution < -0.4 is 5.73 Å². The normalized spacial score (nSPS) is 12.9. The highest BCUT2D eigenvalue weighted by molar-refractivity contribution is 5.86. The van der Waals surface area contributed by atoms with Crippen LogP contribution in [-0.4, -0.2) is 53.0 Å². The predicted molar refractivity (Wildman–Crippen MR) is 120 cm³/mol. The van der Waals surface area contributed by atoms with Gasteiger partial charge in [-0.3, -0.25) is 14.6 Å². The molecule has 0 fully saturated rings. The van der Waals surface area contributed by atoms with Gasteiger partial charge >= 0.3 is 0 Å². The van der Waals surface area contributed by atoms with Crippen LogP contribution in [0, 0.1) is 5.82 Å². The second kappa shape index (κ2) is 11.1. The van der Waals surface area contributed by atoms with Crippen LogP contribution in [0.15, 0.2) is 24.3 Å². The number of primary amides is 1. The molecular weight excluding hydrogens is 365 g/mol. The van der Waals surface area contributed by atoms with Crippen molar-refractivity contribution in [3.63, 3.8) is 0 Å². The molecule has 0 radical (unpaired) electrons. The summed E-state index contributed by atoms with van der Waals surface area (Å²) in [6, 6.07) is 7.84. The number of nitrogens with zero attached hydrogens (tertiary/aromatic N) is 2. The van der Waals surface area contributed by atoms with E-state index in [2.05, 4.69) is 65.2 Å². The molecule has 166 valence electrons. The largest absolute Gasteiger partial charge is 0.369 e. The highest BCUT2D eigenvalue weighted by Crippen LogP contribution is 2.34. The molecule has 0 aliphatic carbocycles. The van der Waals surface area contributed by atoms with Gasteiger partial charge in [0.15, 0.2) is 0 Å². The minimum Gasteiger partial charge on any atom is -0.369 e. The number of benzene rings is 1. The fraction of sp³-hybridized carbons (Fsp3) is 0.708. The molecule has 0 aliphatic rings. The Morgan fingerprint density at radius 1 is 0.897 bits per heavy atom. The molecule has 0 atom stereocenters. The van der Waals surface area contributed by atoms with Crippen LogP contribution in [-0.2, 0) is 10.2 Å². The molecule has 0 spiro atoms. The van der Waals surface area contributed by atoms with E-state index in [1.54, 1.807) is 6.07 Å². The lowest BCUT2D eigenvalue weighted by Gasteiger charge is -2.39. The molecule has 0 saturated carbocycles. The zero-order chi connectivity index (χ0) is 22.4. The van der Waals surface area contributed by atoms with Gasteiger partial charge in [0, 0.05) is 37.3 Å². The number of rotatable bonds is 12. The molecular formula is C24H42FN3O. The molecule has 2 N–H and O–H groups in total. The van der Waals surface area contributed by atoms with Gasteiger partial charge in [-0.15, -0.1) is 0 Å². The second-order valence-electron chi connectivity index (χ2n) is 9.31. The number of hydrogen-bond donors (Lipinski definition) is 1. The minimum atomic E-state index is -0.897. The van der Waals surface area contributed by atoms with Gasteiger partial charge in [-0.1, -0.05) is 12.1 Å². The molecule has 0 saturated heterocycles. The molecule has 0 aromatic heterocycles. The molecule has 1 rings (SSSR count). The van der Waals surface area contributed by atoms with E-state index in [1.165, 1.54) is 12.1 Å². The summed E-state index contributed by atoms with van der Waals surface area (Å²) in [7, 11) is 0. The molecule has 29 heavy (non-hydrogen) atoms. The molecule has 1 aromatic carbocycles. The summed E-state index contributed by atoms with van der Waals surface area (Å²) in [5.41, 5.74) is 5.82. The second-order valence-corrected chi connectivity index (χ2v) is 9.31. The number of nitrogens with two attached hydrogens (primary N) is 1. The Kier molecular flexibility index (Phi) is 9.77. The third-order valence-corrected chi connectivity index (χ3v) is 6.10. The van der Waals surface area contributed by atoms with E-state index >= 15 is 0 Å². The van der Waals surface area contributed by atoms with Crippen LogP contribution in [0.1, 0.15) is 73.8 Å².